The highest BCUT2D eigenvalue weighted by Gasteiger charge is 2.06. The average molecular weight is 351 g/mol. The lowest BCUT2D eigenvalue weighted by Crippen LogP contribution is -1.99. The molecule has 130 valence electrons. The molecule has 1 N–H and O–H groups in total. The largest absolute Gasteiger partial charge is 0.340 e. The van der Waals surface area contributed by atoms with Gasteiger partial charge in [-0.1, -0.05) is 42.5 Å². The first-order valence-corrected chi connectivity index (χ1v) is 8.83. The maximum atomic E-state index is 4.67. The summed E-state index contributed by atoms with van der Waals surface area (Å²) in [6.45, 7) is 0.759. The third-order valence-electron chi connectivity index (χ3n) is 4.54. The van der Waals surface area contributed by atoms with E-state index in [-0.39, 0.29) is 0 Å². The van der Waals surface area contributed by atoms with E-state index < -0.39 is 0 Å². The molecule has 27 heavy (non-hydrogen) atoms. The van der Waals surface area contributed by atoms with E-state index in [0.29, 0.717) is 0 Å². The quantitative estimate of drug-likeness (QED) is 0.507. The Hall–Kier alpha value is -3.73. The molecular weight excluding hydrogens is 334 g/mol. The zero-order chi connectivity index (χ0) is 18.1. The minimum absolute atomic E-state index is 0.759. The van der Waals surface area contributed by atoms with E-state index in [1.807, 2.05) is 59.3 Å². The minimum atomic E-state index is 0.759. The molecule has 0 aliphatic rings. The first-order chi connectivity index (χ1) is 13.3. The molecule has 0 radical (unpaired) electrons. The molecule has 0 atom stereocenters. The van der Waals surface area contributed by atoms with Crippen LogP contribution >= 0.6 is 0 Å². The second-order valence-electron chi connectivity index (χ2n) is 6.45. The lowest BCUT2D eigenvalue weighted by molar-refractivity contribution is 0.696. The van der Waals surface area contributed by atoms with Crippen molar-refractivity contribution >= 4 is 33.3 Å². The normalized spacial score (nSPS) is 11.1. The zero-order valence-corrected chi connectivity index (χ0v) is 14.6. The summed E-state index contributed by atoms with van der Waals surface area (Å²) >= 11 is 0. The number of nitrogens with zero attached hydrogens (tertiary/aromatic N) is 4. The van der Waals surface area contributed by atoms with E-state index in [0.717, 1.165) is 39.9 Å². The average Bonchev–Trinajstić information content (AvgIpc) is 3.10. The number of para-hydroxylation sites is 1. The van der Waals surface area contributed by atoms with Gasteiger partial charge in [-0.25, -0.2) is 9.97 Å². The second kappa shape index (κ2) is 6.53. The molecule has 2 heterocycles. The van der Waals surface area contributed by atoms with Crippen molar-refractivity contribution in [2.75, 3.05) is 5.32 Å². The van der Waals surface area contributed by atoms with Crippen molar-refractivity contribution < 1.29 is 0 Å². The van der Waals surface area contributed by atoms with E-state index >= 15 is 0 Å². The highest BCUT2D eigenvalue weighted by atomic mass is 15.3. The maximum Gasteiger partial charge on any atom is 0.141 e. The van der Waals surface area contributed by atoms with E-state index in [1.165, 1.54) is 5.56 Å². The molecule has 3 aromatic carbocycles. The Kier molecular flexibility index (Phi) is 3.76. The molecule has 0 unspecified atom stereocenters. The van der Waals surface area contributed by atoms with Gasteiger partial charge in [0.2, 0.25) is 0 Å². The van der Waals surface area contributed by atoms with Crippen LogP contribution in [0.5, 0.6) is 0 Å². The predicted molar refractivity (Wildman–Crippen MR) is 108 cm³/mol. The van der Waals surface area contributed by atoms with Gasteiger partial charge in [-0.3, -0.25) is 4.68 Å². The first kappa shape index (κ1) is 15.5. The van der Waals surface area contributed by atoms with E-state index in [4.69, 9.17) is 0 Å². The van der Waals surface area contributed by atoms with E-state index in [9.17, 15) is 0 Å². The molecule has 0 bridgehead atoms. The SMILES string of the molecule is c1ccc(Cn2cc3cc(Nc4ncnc5ccccc45)ccc3n2)cc1. The van der Waals surface area contributed by atoms with Gasteiger partial charge in [0.25, 0.3) is 0 Å². The van der Waals surface area contributed by atoms with Crippen LogP contribution in [-0.4, -0.2) is 19.7 Å². The third kappa shape index (κ3) is 3.11. The monoisotopic (exact) mass is 351 g/mol. The number of benzene rings is 3. The van der Waals surface area contributed by atoms with Crippen molar-refractivity contribution in [2.24, 2.45) is 0 Å². The van der Waals surface area contributed by atoms with Gasteiger partial charge < -0.3 is 5.32 Å². The zero-order valence-electron chi connectivity index (χ0n) is 14.6. The number of hydrogen-bond donors (Lipinski definition) is 1. The van der Waals surface area contributed by atoms with Crippen LogP contribution in [0.3, 0.4) is 0 Å². The Balaban J connectivity index is 1.46. The molecule has 5 rings (SSSR count). The molecule has 2 aromatic heterocycles. The van der Waals surface area contributed by atoms with Gasteiger partial charge in [0, 0.05) is 22.7 Å². The Morgan fingerprint density at radius 1 is 0.815 bits per heavy atom. The Morgan fingerprint density at radius 3 is 2.59 bits per heavy atom. The van der Waals surface area contributed by atoms with Gasteiger partial charge in [-0.2, -0.15) is 5.10 Å². The van der Waals surface area contributed by atoms with Gasteiger partial charge in [0.1, 0.15) is 12.1 Å². The molecule has 0 aliphatic carbocycles. The van der Waals surface area contributed by atoms with Crippen LogP contribution in [0.2, 0.25) is 0 Å². The summed E-state index contributed by atoms with van der Waals surface area (Å²) in [5.41, 5.74) is 4.11. The Bertz CT molecular complexity index is 1220. The van der Waals surface area contributed by atoms with Gasteiger partial charge >= 0.3 is 0 Å². The molecule has 0 spiro atoms. The molecule has 5 heteroatoms. The molecule has 5 aromatic rings. The van der Waals surface area contributed by atoms with Crippen molar-refractivity contribution in [1.82, 2.24) is 19.7 Å². The molecule has 0 saturated carbocycles. The Morgan fingerprint density at radius 2 is 1.67 bits per heavy atom. The highest BCUT2D eigenvalue weighted by molar-refractivity contribution is 5.91. The fourth-order valence-electron chi connectivity index (χ4n) is 3.25. The van der Waals surface area contributed by atoms with Gasteiger partial charge in [0.05, 0.1) is 17.6 Å². The number of hydrogen-bond acceptors (Lipinski definition) is 4. The second-order valence-corrected chi connectivity index (χ2v) is 6.45. The van der Waals surface area contributed by atoms with Crippen LogP contribution in [0.1, 0.15) is 5.56 Å². The van der Waals surface area contributed by atoms with Crippen LogP contribution in [-0.2, 0) is 6.54 Å². The van der Waals surface area contributed by atoms with Crippen molar-refractivity contribution in [1.29, 1.82) is 0 Å². The molecule has 5 nitrogen and oxygen atoms in total. The molecule has 0 aliphatic heterocycles. The van der Waals surface area contributed by atoms with Crippen molar-refractivity contribution in [3.05, 3.63) is 90.9 Å². The van der Waals surface area contributed by atoms with Crippen LogP contribution in [0.4, 0.5) is 11.5 Å². The fourth-order valence-corrected chi connectivity index (χ4v) is 3.25. The number of rotatable bonds is 4. The van der Waals surface area contributed by atoms with Gasteiger partial charge in [-0.15, -0.1) is 0 Å². The number of anilines is 2. The summed E-state index contributed by atoms with van der Waals surface area (Å²) in [4.78, 5) is 8.71. The molecule has 0 amide bonds. The molecule has 0 fully saturated rings. The summed E-state index contributed by atoms with van der Waals surface area (Å²) in [6, 6.07) is 24.5. The molecular formula is C22H17N5. The van der Waals surface area contributed by atoms with Crippen LogP contribution in [0.15, 0.2) is 85.3 Å². The lowest BCUT2D eigenvalue weighted by Gasteiger charge is -2.08. The Labute approximate surface area is 156 Å². The summed E-state index contributed by atoms with van der Waals surface area (Å²) in [6.07, 6.45) is 3.66. The smallest absolute Gasteiger partial charge is 0.141 e. The van der Waals surface area contributed by atoms with E-state index in [1.54, 1.807) is 6.33 Å². The minimum Gasteiger partial charge on any atom is -0.340 e. The predicted octanol–water partition coefficient (Wildman–Crippen LogP) is 4.77. The van der Waals surface area contributed by atoms with Gasteiger partial charge in [0.15, 0.2) is 0 Å². The topological polar surface area (TPSA) is 55.6 Å². The van der Waals surface area contributed by atoms with Gasteiger partial charge in [-0.05, 0) is 35.9 Å². The van der Waals surface area contributed by atoms with Crippen molar-refractivity contribution in [2.45, 2.75) is 6.54 Å². The molecule has 0 saturated heterocycles. The fraction of sp³-hybridized carbons (Fsp3) is 0.0455. The van der Waals surface area contributed by atoms with Crippen molar-refractivity contribution in [3.8, 4) is 0 Å². The highest BCUT2D eigenvalue weighted by Crippen LogP contribution is 2.25. The summed E-state index contributed by atoms with van der Waals surface area (Å²) in [5, 5.41) is 10.2. The third-order valence-corrected chi connectivity index (χ3v) is 4.54. The van der Waals surface area contributed by atoms with Crippen LogP contribution < -0.4 is 5.32 Å². The lowest BCUT2D eigenvalue weighted by atomic mass is 10.2. The first-order valence-electron chi connectivity index (χ1n) is 8.83. The number of aromatic nitrogens is 4. The summed E-state index contributed by atoms with van der Waals surface area (Å²) in [5.74, 6) is 0.802. The van der Waals surface area contributed by atoms with Crippen LogP contribution in [0.25, 0.3) is 21.8 Å². The van der Waals surface area contributed by atoms with E-state index in [2.05, 4.69) is 44.8 Å². The standard InChI is InChI=1S/C22H17N5/c1-2-6-16(7-3-1)13-27-14-17-12-18(10-11-20(17)26-27)25-22-19-8-4-5-9-21(19)23-15-24-22/h1-12,14-15H,13H2,(H,23,24,25). The van der Waals surface area contributed by atoms with Crippen molar-refractivity contribution in [3.63, 3.8) is 0 Å². The summed E-state index contributed by atoms with van der Waals surface area (Å²) in [7, 11) is 0. The summed E-state index contributed by atoms with van der Waals surface area (Å²) < 4.78 is 1.98. The maximum absolute atomic E-state index is 4.67. The number of nitrogens with one attached hydrogen (secondary N) is 1. The van der Waals surface area contributed by atoms with Crippen LogP contribution in [0, 0.1) is 0 Å². The number of fused-ring (bicyclic) bond motifs is 2.